The molecule has 4 aliphatic carbocycles. The van der Waals surface area contributed by atoms with Crippen molar-refractivity contribution < 1.29 is 14.0 Å². The van der Waals surface area contributed by atoms with Gasteiger partial charge in [-0.1, -0.05) is 86.2 Å². The summed E-state index contributed by atoms with van der Waals surface area (Å²) in [4.78, 5) is 0. The molecule has 0 unspecified atom stereocenters. The summed E-state index contributed by atoms with van der Waals surface area (Å²) in [5.74, 6) is 0.800. The zero-order valence-corrected chi connectivity index (χ0v) is 25.2. The van der Waals surface area contributed by atoms with Crippen LogP contribution in [0.3, 0.4) is 0 Å². The normalized spacial score (nSPS) is 44.6. The summed E-state index contributed by atoms with van der Waals surface area (Å²) in [7, 11) is -1.79. The Morgan fingerprint density at radius 2 is 1.83 bits per heavy atom. The van der Waals surface area contributed by atoms with Crippen molar-refractivity contribution in [2.45, 2.75) is 150 Å². The molecule has 4 aliphatic rings. The highest BCUT2D eigenvalue weighted by Crippen LogP contribution is 2.67. The van der Waals surface area contributed by atoms with Gasteiger partial charge in [0.25, 0.3) is 0 Å². The molecule has 8 atom stereocenters. The summed E-state index contributed by atoms with van der Waals surface area (Å²) in [6, 6.07) is 0. The molecule has 35 heavy (non-hydrogen) atoms. The zero-order chi connectivity index (χ0) is 31.7. The van der Waals surface area contributed by atoms with Crippen molar-refractivity contribution in [3.8, 4) is 0 Å². The maximum Gasteiger partial charge on any atom is 0.192 e. The van der Waals surface area contributed by atoms with Crippen LogP contribution in [0.5, 0.6) is 0 Å². The van der Waals surface area contributed by atoms with Crippen molar-refractivity contribution in [3.05, 3.63) is 11.6 Å². The van der Waals surface area contributed by atoms with Crippen molar-refractivity contribution in [3.63, 3.8) is 0 Å². The fourth-order valence-electron chi connectivity index (χ4n) is 9.10. The Morgan fingerprint density at radius 3 is 2.51 bits per heavy atom. The van der Waals surface area contributed by atoms with Crippen molar-refractivity contribution in [1.82, 2.24) is 0 Å². The third-order valence-corrected chi connectivity index (χ3v) is 16.7. The number of fused-ring (bicyclic) bond motifs is 5. The first-order chi connectivity index (χ1) is 19.0. The first kappa shape index (κ1) is 19.9. The average molecular weight is 508 g/mol. The third-order valence-electron chi connectivity index (χ3n) is 12.2. The van der Waals surface area contributed by atoms with E-state index in [0.717, 1.165) is 30.6 Å². The second-order valence-electron chi connectivity index (χ2n) is 15.1. The van der Waals surface area contributed by atoms with E-state index in [9.17, 15) is 0 Å². The quantitative estimate of drug-likeness (QED) is 0.246. The Labute approximate surface area is 230 Å². The topological polar surface area (TPSA) is 9.23 Å². The molecule has 0 N–H and O–H groups in total. The molecule has 0 aromatic heterocycles. The standard InChI is InChI=1S/C33H60OSi/c1-23(2)12-11-13-24(3)28-16-17-29-27-15-14-25-22-26(34-35(9,10)31(4,5)6)18-20-32(25,7)30(27)19-21-33(28,29)8/h14,23-24,26-30H,11-13,15-22H2,1-10H3/t24-,26+,27+,28-,29+,30+,32+,33-/m1/s1/i1D3,2D3,23D. The van der Waals surface area contributed by atoms with Crippen LogP contribution in [0, 0.1) is 46.3 Å². The molecule has 0 aromatic rings. The van der Waals surface area contributed by atoms with Gasteiger partial charge in [-0.25, -0.2) is 0 Å². The average Bonchev–Trinajstić information content (AvgIpc) is 3.19. The van der Waals surface area contributed by atoms with Crippen LogP contribution in [0.2, 0.25) is 18.1 Å². The highest BCUT2D eigenvalue weighted by atomic mass is 28.4. The third kappa shape index (κ3) is 5.15. The Bertz CT molecular complexity index is 997. The molecule has 202 valence electrons. The molecule has 0 heterocycles. The molecule has 4 rings (SSSR count). The van der Waals surface area contributed by atoms with Crippen LogP contribution in [0.25, 0.3) is 0 Å². The van der Waals surface area contributed by atoms with Gasteiger partial charge in [-0.05, 0) is 116 Å². The van der Waals surface area contributed by atoms with Crippen LogP contribution in [0.15, 0.2) is 11.6 Å². The first-order valence-electron chi connectivity index (χ1n) is 18.4. The number of hydrogen-bond acceptors (Lipinski definition) is 1. The minimum Gasteiger partial charge on any atom is -0.414 e. The lowest BCUT2D eigenvalue weighted by molar-refractivity contribution is -0.0565. The summed E-state index contributed by atoms with van der Waals surface area (Å²) in [6.45, 7) is 13.5. The SMILES string of the molecule is [2H]C([2H])([2H])C([2H])(CCC[C@@H](C)[C@H]1CC[C@H]2[C@@H]3CC=C4C[C@@H](O[Si](C)(C)C(C)(C)C)CC[C@]4(C)[C@H]3CC[C@]12C)C([2H])([2H])[2H]. The van der Waals surface area contributed by atoms with E-state index in [1.807, 2.05) is 0 Å². The minimum absolute atomic E-state index is 0.103. The maximum atomic E-state index is 8.40. The Kier molecular flexibility index (Phi) is 5.63. The molecule has 2 heteroatoms. The summed E-state index contributed by atoms with van der Waals surface area (Å²) >= 11 is 0. The molecule has 1 nitrogen and oxygen atoms in total. The van der Waals surface area contributed by atoms with E-state index in [-0.39, 0.29) is 16.9 Å². The van der Waals surface area contributed by atoms with E-state index >= 15 is 0 Å². The lowest BCUT2D eigenvalue weighted by Gasteiger charge is -2.59. The lowest BCUT2D eigenvalue weighted by Crippen LogP contribution is -2.52. The van der Waals surface area contributed by atoms with Crippen LogP contribution < -0.4 is 0 Å². The van der Waals surface area contributed by atoms with E-state index in [0.29, 0.717) is 29.8 Å². The van der Waals surface area contributed by atoms with Gasteiger partial charge in [-0.2, -0.15) is 0 Å². The fourth-order valence-corrected chi connectivity index (χ4v) is 10.5. The van der Waals surface area contributed by atoms with Crippen LogP contribution in [0.4, 0.5) is 0 Å². The van der Waals surface area contributed by atoms with E-state index in [1.165, 1.54) is 44.9 Å². The van der Waals surface area contributed by atoms with Gasteiger partial charge in [0.15, 0.2) is 8.32 Å². The van der Waals surface area contributed by atoms with Gasteiger partial charge in [-0.3, -0.25) is 0 Å². The smallest absolute Gasteiger partial charge is 0.192 e. The highest BCUT2D eigenvalue weighted by molar-refractivity contribution is 6.74. The van der Waals surface area contributed by atoms with E-state index in [1.54, 1.807) is 5.57 Å². The van der Waals surface area contributed by atoms with Gasteiger partial charge in [0, 0.05) is 15.7 Å². The fraction of sp³-hybridized carbons (Fsp3) is 0.939. The predicted molar refractivity (Wildman–Crippen MR) is 155 cm³/mol. The Morgan fingerprint density at radius 1 is 1.09 bits per heavy atom. The van der Waals surface area contributed by atoms with Crippen LogP contribution >= 0.6 is 0 Å². The molecule has 0 aliphatic heterocycles. The molecule has 0 spiro atoms. The Hall–Kier alpha value is -0.0831. The van der Waals surface area contributed by atoms with Crippen molar-refractivity contribution in [1.29, 1.82) is 0 Å². The monoisotopic (exact) mass is 507 g/mol. The Balaban J connectivity index is 1.42. The van der Waals surface area contributed by atoms with Gasteiger partial charge in [0.2, 0.25) is 0 Å². The minimum atomic E-state index is -2.82. The van der Waals surface area contributed by atoms with Gasteiger partial charge in [-0.15, -0.1) is 0 Å². The maximum absolute atomic E-state index is 8.40. The second kappa shape index (κ2) is 9.90. The summed E-state index contributed by atoms with van der Waals surface area (Å²) in [5, 5.41) is 0.235. The van der Waals surface area contributed by atoms with Crippen molar-refractivity contribution >= 4 is 8.32 Å². The lowest BCUT2D eigenvalue weighted by atomic mass is 9.47. The molecule has 0 saturated heterocycles. The summed E-state index contributed by atoms with van der Waals surface area (Å²) in [5.41, 5.74) is 2.26. The van der Waals surface area contributed by atoms with Gasteiger partial charge < -0.3 is 4.43 Å². The van der Waals surface area contributed by atoms with Crippen LogP contribution in [-0.4, -0.2) is 14.4 Å². The molecular weight excluding hydrogens is 440 g/mol. The number of hydrogen-bond donors (Lipinski definition) is 0. The highest BCUT2D eigenvalue weighted by Gasteiger charge is 2.59. The van der Waals surface area contributed by atoms with Gasteiger partial charge in [0.05, 0.1) is 0 Å². The predicted octanol–water partition coefficient (Wildman–Crippen LogP) is 10.4. The van der Waals surface area contributed by atoms with Crippen molar-refractivity contribution in [2.24, 2.45) is 46.3 Å². The van der Waals surface area contributed by atoms with Crippen LogP contribution in [-0.2, 0) is 4.43 Å². The molecule has 0 amide bonds. The molecule has 3 fully saturated rings. The van der Waals surface area contributed by atoms with Crippen molar-refractivity contribution in [2.75, 3.05) is 0 Å². The number of allylic oxidation sites excluding steroid dienone is 1. The van der Waals surface area contributed by atoms with E-state index in [2.05, 4.69) is 60.7 Å². The number of rotatable bonds is 7. The van der Waals surface area contributed by atoms with Gasteiger partial charge >= 0.3 is 0 Å². The summed E-state index contributed by atoms with van der Waals surface area (Å²) < 4.78 is 61.9. The second-order valence-corrected chi connectivity index (χ2v) is 19.8. The van der Waals surface area contributed by atoms with E-state index in [4.69, 9.17) is 14.0 Å². The molecule has 0 bridgehead atoms. The summed E-state index contributed by atoms with van der Waals surface area (Å²) in [6.07, 6.45) is 13.9. The molecule has 3 saturated carbocycles. The zero-order valence-electron chi connectivity index (χ0n) is 31.2. The van der Waals surface area contributed by atoms with Crippen LogP contribution in [0.1, 0.15) is 135 Å². The molecule has 0 radical (unpaired) electrons. The molecular formula is C33H60OSi. The molecule has 0 aromatic carbocycles. The first-order valence-corrected chi connectivity index (χ1v) is 17.8. The largest absolute Gasteiger partial charge is 0.414 e. The van der Waals surface area contributed by atoms with Gasteiger partial charge in [0.1, 0.15) is 0 Å². The van der Waals surface area contributed by atoms with E-state index < -0.39 is 27.9 Å².